The average molecular weight is 279 g/mol. The van der Waals surface area contributed by atoms with Gasteiger partial charge >= 0.3 is 0 Å². The first-order valence-corrected chi connectivity index (χ1v) is 7.92. The molecule has 0 fully saturated rings. The van der Waals surface area contributed by atoms with Crippen molar-refractivity contribution in [3.8, 4) is 0 Å². The lowest BCUT2D eigenvalue weighted by Gasteiger charge is -2.10. The summed E-state index contributed by atoms with van der Waals surface area (Å²) in [5.41, 5.74) is 7.43. The van der Waals surface area contributed by atoms with E-state index in [2.05, 4.69) is 10.3 Å². The van der Waals surface area contributed by atoms with Crippen LogP contribution in [0.25, 0.3) is 10.8 Å². The Morgan fingerprint density at radius 1 is 1.26 bits per heavy atom. The number of nitrogens with one attached hydrogen (secondary N) is 1. The largest absolute Gasteiger partial charge is 0.398 e. The van der Waals surface area contributed by atoms with Crippen LogP contribution in [0.5, 0.6) is 0 Å². The molecule has 2 rings (SSSR count). The number of rotatable bonds is 5. The molecule has 0 spiro atoms. The van der Waals surface area contributed by atoms with Crippen LogP contribution in [-0.2, 0) is 9.84 Å². The van der Waals surface area contributed by atoms with E-state index in [1.54, 1.807) is 25.4 Å². The van der Waals surface area contributed by atoms with Gasteiger partial charge in [0, 0.05) is 46.8 Å². The van der Waals surface area contributed by atoms with E-state index in [-0.39, 0.29) is 11.5 Å². The summed E-state index contributed by atoms with van der Waals surface area (Å²) < 4.78 is 22.9. The number of pyridine rings is 1. The lowest BCUT2D eigenvalue weighted by atomic mass is 10.1. The Labute approximate surface area is 112 Å². The summed E-state index contributed by atoms with van der Waals surface area (Å²) in [6.07, 6.45) is 3.41. The maximum Gasteiger partial charge on any atom is 0.151 e. The van der Waals surface area contributed by atoms with Crippen molar-refractivity contribution in [2.45, 2.75) is 6.92 Å². The third-order valence-corrected chi connectivity index (χ3v) is 4.73. The van der Waals surface area contributed by atoms with E-state index in [9.17, 15) is 8.42 Å². The maximum atomic E-state index is 11.4. The van der Waals surface area contributed by atoms with Crippen LogP contribution in [0.4, 0.5) is 11.4 Å². The highest BCUT2D eigenvalue weighted by Crippen LogP contribution is 2.27. The molecule has 0 radical (unpaired) electrons. The predicted octanol–water partition coefficient (Wildman–Crippen LogP) is 1.66. The number of benzene rings is 1. The van der Waals surface area contributed by atoms with Gasteiger partial charge in [0.25, 0.3) is 0 Å². The van der Waals surface area contributed by atoms with E-state index >= 15 is 0 Å². The van der Waals surface area contributed by atoms with Gasteiger partial charge in [0.1, 0.15) is 0 Å². The number of nitrogens with two attached hydrogens (primary N) is 1. The van der Waals surface area contributed by atoms with Gasteiger partial charge in [-0.2, -0.15) is 0 Å². The lowest BCUT2D eigenvalue weighted by Crippen LogP contribution is -2.17. The topological polar surface area (TPSA) is 85.1 Å². The Kier molecular flexibility index (Phi) is 3.90. The third-order valence-electron chi connectivity index (χ3n) is 3.02. The molecule has 0 aliphatic heterocycles. The number of nitrogens with zero attached hydrogens (tertiary/aromatic N) is 1. The highest BCUT2D eigenvalue weighted by atomic mass is 32.2. The van der Waals surface area contributed by atoms with Gasteiger partial charge in [-0.3, -0.25) is 4.98 Å². The maximum absolute atomic E-state index is 11.4. The normalized spacial score (nSPS) is 11.6. The minimum absolute atomic E-state index is 0.121. The first-order chi connectivity index (χ1) is 9.03. The SMILES string of the molecule is CCS(=O)(=O)CCNc1ccc(N)c2ccncc12. The molecular weight excluding hydrogens is 262 g/mol. The summed E-state index contributed by atoms with van der Waals surface area (Å²) in [4.78, 5) is 4.07. The van der Waals surface area contributed by atoms with Gasteiger partial charge in [0.2, 0.25) is 0 Å². The van der Waals surface area contributed by atoms with Crippen molar-refractivity contribution in [1.29, 1.82) is 0 Å². The number of sulfone groups is 1. The molecule has 1 aromatic heterocycles. The van der Waals surface area contributed by atoms with Crippen LogP contribution in [0.2, 0.25) is 0 Å². The van der Waals surface area contributed by atoms with Gasteiger partial charge in [-0.1, -0.05) is 6.92 Å². The summed E-state index contributed by atoms with van der Waals surface area (Å²) in [6, 6.07) is 5.50. The number of anilines is 2. The quantitative estimate of drug-likeness (QED) is 0.813. The molecule has 3 N–H and O–H groups in total. The molecule has 0 saturated heterocycles. The molecule has 6 heteroatoms. The molecule has 1 aromatic carbocycles. The zero-order chi connectivity index (χ0) is 13.9. The predicted molar refractivity (Wildman–Crippen MR) is 79.0 cm³/mol. The number of hydrogen-bond donors (Lipinski definition) is 2. The molecule has 0 unspecified atom stereocenters. The van der Waals surface area contributed by atoms with Gasteiger partial charge < -0.3 is 11.1 Å². The monoisotopic (exact) mass is 279 g/mol. The average Bonchev–Trinajstić information content (AvgIpc) is 2.42. The molecule has 0 amide bonds. The smallest absolute Gasteiger partial charge is 0.151 e. The van der Waals surface area contributed by atoms with Crippen LogP contribution in [0.3, 0.4) is 0 Å². The number of fused-ring (bicyclic) bond motifs is 1. The second kappa shape index (κ2) is 5.44. The van der Waals surface area contributed by atoms with Crippen LogP contribution in [0, 0.1) is 0 Å². The van der Waals surface area contributed by atoms with Crippen LogP contribution in [0.15, 0.2) is 30.6 Å². The Balaban J connectivity index is 2.20. The Hall–Kier alpha value is -1.82. The van der Waals surface area contributed by atoms with E-state index < -0.39 is 9.84 Å². The fourth-order valence-corrected chi connectivity index (χ4v) is 2.55. The summed E-state index contributed by atoms with van der Waals surface area (Å²) in [7, 11) is -2.95. The van der Waals surface area contributed by atoms with Crippen molar-refractivity contribution in [2.75, 3.05) is 29.1 Å². The van der Waals surface area contributed by atoms with Crippen molar-refractivity contribution in [2.24, 2.45) is 0 Å². The summed E-state index contributed by atoms with van der Waals surface area (Å²) in [5, 5.41) is 4.95. The zero-order valence-electron chi connectivity index (χ0n) is 10.8. The molecule has 0 aliphatic rings. The minimum atomic E-state index is -2.95. The van der Waals surface area contributed by atoms with Crippen LogP contribution < -0.4 is 11.1 Å². The van der Waals surface area contributed by atoms with Crippen molar-refractivity contribution in [3.05, 3.63) is 30.6 Å². The lowest BCUT2D eigenvalue weighted by molar-refractivity contribution is 0.597. The van der Waals surface area contributed by atoms with Crippen LogP contribution >= 0.6 is 0 Å². The fraction of sp³-hybridized carbons (Fsp3) is 0.308. The molecule has 0 saturated carbocycles. The van der Waals surface area contributed by atoms with Gasteiger partial charge in [0.15, 0.2) is 9.84 Å². The van der Waals surface area contributed by atoms with E-state index in [0.717, 1.165) is 16.5 Å². The van der Waals surface area contributed by atoms with Gasteiger partial charge in [-0.15, -0.1) is 0 Å². The van der Waals surface area contributed by atoms with Crippen molar-refractivity contribution < 1.29 is 8.42 Å². The molecule has 5 nitrogen and oxygen atoms in total. The van der Waals surface area contributed by atoms with Crippen molar-refractivity contribution in [3.63, 3.8) is 0 Å². The molecule has 0 bridgehead atoms. The summed E-state index contributed by atoms with van der Waals surface area (Å²) in [6.45, 7) is 2.03. The van der Waals surface area contributed by atoms with Gasteiger partial charge in [-0.05, 0) is 18.2 Å². The molecular formula is C13H17N3O2S. The van der Waals surface area contributed by atoms with E-state index in [1.807, 2.05) is 12.1 Å². The molecule has 102 valence electrons. The van der Waals surface area contributed by atoms with E-state index in [1.165, 1.54) is 0 Å². The third kappa shape index (κ3) is 3.14. The van der Waals surface area contributed by atoms with Crippen LogP contribution in [-0.4, -0.2) is 31.5 Å². The van der Waals surface area contributed by atoms with Crippen LogP contribution in [0.1, 0.15) is 6.92 Å². The Bertz CT molecular complexity index is 683. The highest BCUT2D eigenvalue weighted by molar-refractivity contribution is 7.91. The Morgan fingerprint density at radius 2 is 2.05 bits per heavy atom. The van der Waals surface area contributed by atoms with E-state index in [4.69, 9.17) is 5.73 Å². The van der Waals surface area contributed by atoms with Gasteiger partial charge in [-0.25, -0.2) is 8.42 Å². The second-order valence-electron chi connectivity index (χ2n) is 4.29. The van der Waals surface area contributed by atoms with E-state index in [0.29, 0.717) is 12.2 Å². The van der Waals surface area contributed by atoms with Gasteiger partial charge in [0.05, 0.1) is 5.75 Å². The summed E-state index contributed by atoms with van der Waals surface area (Å²) in [5.74, 6) is 0.286. The number of hydrogen-bond acceptors (Lipinski definition) is 5. The number of aromatic nitrogens is 1. The second-order valence-corrected chi connectivity index (χ2v) is 6.76. The summed E-state index contributed by atoms with van der Waals surface area (Å²) >= 11 is 0. The molecule has 19 heavy (non-hydrogen) atoms. The first kappa shape index (κ1) is 13.6. The Morgan fingerprint density at radius 3 is 2.79 bits per heavy atom. The minimum Gasteiger partial charge on any atom is -0.398 e. The molecule has 1 heterocycles. The first-order valence-electron chi connectivity index (χ1n) is 6.10. The molecule has 2 aromatic rings. The van der Waals surface area contributed by atoms with Crippen molar-refractivity contribution in [1.82, 2.24) is 4.98 Å². The molecule has 0 atom stereocenters. The highest BCUT2D eigenvalue weighted by Gasteiger charge is 2.08. The molecule has 0 aliphatic carbocycles. The standard InChI is InChI=1S/C13H17N3O2S/c1-2-19(17,18)8-7-16-13-4-3-12(14)10-5-6-15-9-11(10)13/h3-6,9,16H,2,7-8,14H2,1H3. The zero-order valence-corrected chi connectivity index (χ0v) is 11.6. The van der Waals surface area contributed by atoms with Crippen molar-refractivity contribution >= 4 is 32.0 Å². The fourth-order valence-electron chi connectivity index (χ4n) is 1.85. The number of nitrogen functional groups attached to an aromatic ring is 1.